The van der Waals surface area contributed by atoms with Crippen molar-refractivity contribution in [1.29, 1.82) is 5.26 Å². The monoisotopic (exact) mass is 214 g/mol. The molecule has 0 aliphatic rings. The molecule has 0 amide bonds. The van der Waals surface area contributed by atoms with E-state index in [2.05, 4.69) is 32.0 Å². The first-order valence-electron chi connectivity index (χ1n) is 6.20. The maximum Gasteiger partial charge on any atom is 0.0998 e. The van der Waals surface area contributed by atoms with Crippen LogP contribution in [-0.4, -0.2) is 0 Å². The fourth-order valence-electron chi connectivity index (χ4n) is 1.93. The molecule has 1 heteroatoms. The molecular formula is C15H20N. The molecule has 1 unspecified atom stereocenters. The molecule has 0 N–H and O–H groups in total. The highest BCUT2D eigenvalue weighted by Crippen LogP contribution is 2.18. The molecule has 1 aromatic carbocycles. The van der Waals surface area contributed by atoms with E-state index < -0.39 is 0 Å². The van der Waals surface area contributed by atoms with Crippen LogP contribution in [0, 0.1) is 23.3 Å². The molecule has 0 fully saturated rings. The molecular weight excluding hydrogens is 194 g/mol. The Morgan fingerprint density at radius 3 is 2.69 bits per heavy atom. The second-order valence-corrected chi connectivity index (χ2v) is 4.34. The highest BCUT2D eigenvalue weighted by molar-refractivity contribution is 5.30. The number of hydrogen-bond donors (Lipinski definition) is 0. The maximum atomic E-state index is 8.69. The van der Waals surface area contributed by atoms with E-state index in [-0.39, 0.29) is 0 Å². The zero-order chi connectivity index (χ0) is 11.8. The lowest BCUT2D eigenvalue weighted by atomic mass is 9.92. The van der Waals surface area contributed by atoms with E-state index in [1.54, 1.807) is 0 Å². The molecule has 1 rings (SSSR count). The minimum atomic E-state index is 0.630. The molecule has 85 valence electrons. The summed E-state index contributed by atoms with van der Waals surface area (Å²) in [7, 11) is 0. The Bertz CT molecular complexity index is 331. The molecule has 0 heterocycles. The average molecular weight is 214 g/mol. The van der Waals surface area contributed by atoms with Crippen molar-refractivity contribution in [3.05, 3.63) is 35.4 Å². The van der Waals surface area contributed by atoms with Crippen molar-refractivity contribution in [1.82, 2.24) is 0 Å². The number of nitriles is 1. The summed E-state index contributed by atoms with van der Waals surface area (Å²) in [5.41, 5.74) is 1.94. The van der Waals surface area contributed by atoms with Gasteiger partial charge in [-0.25, -0.2) is 0 Å². The molecule has 1 aromatic rings. The summed E-state index contributed by atoms with van der Waals surface area (Å²) in [5, 5.41) is 8.69. The van der Waals surface area contributed by atoms with Crippen molar-refractivity contribution in [2.45, 2.75) is 46.0 Å². The predicted molar refractivity (Wildman–Crippen MR) is 67.0 cm³/mol. The number of benzene rings is 1. The van der Waals surface area contributed by atoms with Crippen LogP contribution in [0.3, 0.4) is 0 Å². The van der Waals surface area contributed by atoms with Crippen LogP contribution < -0.4 is 0 Å². The lowest BCUT2D eigenvalue weighted by Crippen LogP contribution is -2.03. The van der Waals surface area contributed by atoms with Gasteiger partial charge < -0.3 is 0 Å². The van der Waals surface area contributed by atoms with Gasteiger partial charge in [-0.05, 0) is 30.0 Å². The van der Waals surface area contributed by atoms with E-state index in [1.165, 1.54) is 31.2 Å². The van der Waals surface area contributed by atoms with Crippen molar-refractivity contribution in [2.75, 3.05) is 0 Å². The van der Waals surface area contributed by atoms with Crippen LogP contribution in [0.1, 0.15) is 50.7 Å². The molecule has 1 atom stereocenters. The minimum Gasteiger partial charge on any atom is -0.192 e. The summed E-state index contributed by atoms with van der Waals surface area (Å²) in [4.78, 5) is 0. The fraction of sp³-hybridized carbons (Fsp3) is 0.533. The van der Waals surface area contributed by atoms with Gasteiger partial charge in [-0.2, -0.15) is 5.26 Å². The summed E-state index contributed by atoms with van der Waals surface area (Å²) >= 11 is 0. The smallest absolute Gasteiger partial charge is 0.0998 e. The summed E-state index contributed by atoms with van der Waals surface area (Å²) in [6.07, 6.45) is 6.26. The van der Waals surface area contributed by atoms with E-state index in [4.69, 9.17) is 5.26 Å². The summed E-state index contributed by atoms with van der Waals surface area (Å²) < 4.78 is 0. The van der Waals surface area contributed by atoms with E-state index in [1.807, 2.05) is 12.1 Å². The van der Waals surface area contributed by atoms with Gasteiger partial charge in [-0.3, -0.25) is 0 Å². The Morgan fingerprint density at radius 1 is 1.38 bits per heavy atom. The van der Waals surface area contributed by atoms with Gasteiger partial charge in [0.25, 0.3) is 0 Å². The first kappa shape index (κ1) is 12.8. The van der Waals surface area contributed by atoms with Crippen molar-refractivity contribution in [3.63, 3.8) is 0 Å². The van der Waals surface area contributed by atoms with Crippen LogP contribution in [0.4, 0.5) is 0 Å². The number of hydrogen-bond acceptors (Lipinski definition) is 1. The van der Waals surface area contributed by atoms with Gasteiger partial charge >= 0.3 is 0 Å². The van der Waals surface area contributed by atoms with Crippen LogP contribution >= 0.6 is 0 Å². The zero-order valence-corrected chi connectivity index (χ0v) is 10.3. The maximum absolute atomic E-state index is 8.69. The van der Waals surface area contributed by atoms with E-state index in [0.29, 0.717) is 5.56 Å². The van der Waals surface area contributed by atoms with Crippen molar-refractivity contribution in [3.8, 4) is 6.07 Å². The quantitative estimate of drug-likeness (QED) is 0.699. The van der Waals surface area contributed by atoms with Crippen LogP contribution in [-0.2, 0) is 6.42 Å². The number of nitrogens with zero attached hydrogens (tertiary/aromatic N) is 1. The Balaban J connectivity index is 2.53. The third kappa shape index (κ3) is 4.06. The predicted octanol–water partition coefficient (Wildman–Crippen LogP) is 4.12. The van der Waals surface area contributed by atoms with Crippen molar-refractivity contribution in [2.24, 2.45) is 5.92 Å². The van der Waals surface area contributed by atoms with Gasteiger partial charge in [0.05, 0.1) is 11.6 Å². The average Bonchev–Trinajstić information content (AvgIpc) is 2.35. The normalized spacial score (nSPS) is 12.1. The molecule has 0 saturated heterocycles. The van der Waals surface area contributed by atoms with Crippen LogP contribution in [0.15, 0.2) is 18.2 Å². The summed E-state index contributed by atoms with van der Waals surface area (Å²) in [6, 6.07) is 11.0. The first-order chi connectivity index (χ1) is 7.80. The fourth-order valence-corrected chi connectivity index (χ4v) is 1.93. The third-order valence-corrected chi connectivity index (χ3v) is 3.07. The van der Waals surface area contributed by atoms with Crippen LogP contribution in [0.5, 0.6) is 0 Å². The second-order valence-electron chi connectivity index (χ2n) is 4.34. The van der Waals surface area contributed by atoms with Gasteiger partial charge in [0.1, 0.15) is 0 Å². The highest BCUT2D eigenvalue weighted by atomic mass is 14.2. The second kappa shape index (κ2) is 7.06. The van der Waals surface area contributed by atoms with E-state index >= 15 is 0 Å². The Labute approximate surface area is 99.1 Å². The van der Waals surface area contributed by atoms with Crippen LogP contribution in [0.2, 0.25) is 0 Å². The molecule has 1 nitrogen and oxygen atoms in total. The van der Waals surface area contributed by atoms with Gasteiger partial charge in [-0.15, -0.1) is 0 Å². The lowest BCUT2D eigenvalue weighted by molar-refractivity contribution is 0.449. The number of unbranched alkanes of at least 4 members (excludes halogenated alkanes) is 1. The van der Waals surface area contributed by atoms with Crippen molar-refractivity contribution >= 4 is 0 Å². The Kier molecular flexibility index (Phi) is 5.64. The first-order valence-corrected chi connectivity index (χ1v) is 6.20. The van der Waals surface area contributed by atoms with E-state index in [9.17, 15) is 0 Å². The molecule has 0 aromatic heterocycles. The van der Waals surface area contributed by atoms with Gasteiger partial charge in [0, 0.05) is 6.07 Å². The molecule has 0 aliphatic carbocycles. The Morgan fingerprint density at radius 2 is 2.19 bits per heavy atom. The number of rotatable bonds is 6. The summed E-state index contributed by atoms with van der Waals surface area (Å²) in [6.45, 7) is 4.50. The molecule has 0 aliphatic heterocycles. The van der Waals surface area contributed by atoms with E-state index in [0.717, 1.165) is 12.3 Å². The largest absolute Gasteiger partial charge is 0.192 e. The highest BCUT2D eigenvalue weighted by Gasteiger charge is 2.06. The molecule has 0 spiro atoms. The molecule has 0 saturated carbocycles. The van der Waals surface area contributed by atoms with Gasteiger partial charge in [-0.1, -0.05) is 45.6 Å². The third-order valence-electron chi connectivity index (χ3n) is 3.07. The molecule has 16 heavy (non-hydrogen) atoms. The summed E-state index contributed by atoms with van der Waals surface area (Å²) in [5.74, 6) is 0.779. The minimum absolute atomic E-state index is 0.630. The Hall–Kier alpha value is -1.29. The standard InChI is InChI=1S/C15H20N/c1-3-5-6-13(4-2)11-14-7-9-15(12-16)10-8-14/h7-9,13H,3-6,11H2,1-2H3. The zero-order valence-electron chi connectivity index (χ0n) is 10.3. The SMILES string of the molecule is CCCCC(CC)Cc1c[c]c(C#N)cc1. The molecule has 0 bridgehead atoms. The topological polar surface area (TPSA) is 23.8 Å². The lowest BCUT2D eigenvalue weighted by Gasteiger charge is -2.14. The van der Waals surface area contributed by atoms with Gasteiger partial charge in [0.15, 0.2) is 0 Å². The van der Waals surface area contributed by atoms with Crippen molar-refractivity contribution < 1.29 is 0 Å². The van der Waals surface area contributed by atoms with Gasteiger partial charge in [0.2, 0.25) is 0 Å². The molecule has 1 radical (unpaired) electrons. The van der Waals surface area contributed by atoms with Crippen LogP contribution in [0.25, 0.3) is 0 Å².